The fourth-order valence-electron chi connectivity index (χ4n) is 7.92. The molecule has 111 heavy (non-hydrogen) atoms. The van der Waals surface area contributed by atoms with Crippen molar-refractivity contribution in [3.05, 3.63) is 156 Å². The van der Waals surface area contributed by atoms with E-state index in [9.17, 15) is 28.8 Å². The number of carboxylic acids is 1. The van der Waals surface area contributed by atoms with E-state index in [1.54, 1.807) is 79.1 Å². The Morgan fingerprint density at radius 2 is 0.955 bits per heavy atom. The number of aromatic nitrogens is 16. The lowest BCUT2D eigenvalue weighted by molar-refractivity contribution is -0.142. The normalized spacial score (nSPS) is 9.87. The molecule has 0 amide bonds. The number of esters is 2. The van der Waals surface area contributed by atoms with Crippen molar-refractivity contribution in [2.75, 3.05) is 20.0 Å². The van der Waals surface area contributed by atoms with Crippen LogP contribution >= 0.6 is 117 Å². The number of hydrogen-bond acceptors (Lipinski definition) is 32. The van der Waals surface area contributed by atoms with Crippen LogP contribution in [0.5, 0.6) is 0 Å². The number of pyridine rings is 6. The van der Waals surface area contributed by atoms with E-state index in [4.69, 9.17) is 68.8 Å². The van der Waals surface area contributed by atoms with E-state index in [-0.39, 0.29) is 73.1 Å². The van der Waals surface area contributed by atoms with Crippen molar-refractivity contribution in [2.24, 2.45) is 4.99 Å². The van der Waals surface area contributed by atoms with Gasteiger partial charge in [0.25, 0.3) is 0 Å². The number of ketones is 2. The molecule has 11 aromatic heterocycles. The highest BCUT2D eigenvalue weighted by Gasteiger charge is 2.20. The van der Waals surface area contributed by atoms with Crippen molar-refractivity contribution in [1.29, 1.82) is 0 Å². The van der Waals surface area contributed by atoms with E-state index in [0.717, 1.165) is 50.3 Å². The molecule has 0 saturated heterocycles. The monoisotopic (exact) mass is 2220 g/mol. The summed E-state index contributed by atoms with van der Waals surface area (Å²) < 4.78 is 16.4. The van der Waals surface area contributed by atoms with Gasteiger partial charge in [0.1, 0.15) is 70.0 Å². The molecular weight excluding hydrogens is 2170 g/mol. The first-order valence-corrected chi connectivity index (χ1v) is 52.2. The average Bonchev–Trinajstić information content (AvgIpc) is 1.65. The first kappa shape index (κ1) is 105. The van der Waals surface area contributed by atoms with Crippen LogP contribution in [0.4, 0.5) is 5.69 Å². The van der Waals surface area contributed by atoms with Crippen molar-refractivity contribution in [3.63, 3.8) is 0 Å². The molecule has 12 rings (SSSR count). The van der Waals surface area contributed by atoms with E-state index < -0.39 is 11.9 Å². The lowest BCUT2D eigenvalue weighted by atomic mass is 10.1. The predicted molar refractivity (Wildman–Crippen MR) is 511 cm³/mol. The zero-order valence-corrected chi connectivity index (χ0v) is 82.1. The molecule has 0 spiro atoms. The van der Waals surface area contributed by atoms with Crippen LogP contribution in [0, 0.1) is 17.5 Å². The van der Waals surface area contributed by atoms with E-state index in [1.807, 2.05) is 13.0 Å². The number of nitrogen functional groups attached to an aromatic ring is 1. The lowest BCUT2D eigenvalue weighted by Crippen LogP contribution is -2.13. The molecule has 0 bridgehead atoms. The topological polar surface area (TPSA) is 354 Å². The number of carbonyl (C=O) groups is 6. The third kappa shape index (κ3) is 37.3. The molecule has 3 N–H and O–H groups in total. The SMILES string of the molecule is CC(=O)c1nn(CC(=O)O)c2cnc(-c3cnc(C)nc3)cc12.CC(=O)n1ncc2cc(Cl)ncc21.COC(=O)Cn1nc(C(C)=O)c2cc(Cl)ncc21.COC(=O)Cn1nc(I)c2cc(Cl)ncc21.Cc1cc(Cl)ncc1N.Clc1cc2c(cn1)CN=C2I.S.S=S.S=S=S.S=S=S=S.S=S=S=S=S.S=S=S=S=S=S. The van der Waals surface area contributed by atoms with Gasteiger partial charge < -0.3 is 20.3 Å². The molecule has 0 aliphatic carbocycles. The minimum Gasteiger partial charge on any atom is -0.480 e. The van der Waals surface area contributed by atoms with Crippen molar-refractivity contribution in [3.8, 4) is 11.3 Å². The molecule has 0 aromatic carbocycles. The number of carboxylic acid groups (broad SMARTS) is 1. The Morgan fingerprint density at radius 3 is 1.41 bits per heavy atom. The van der Waals surface area contributed by atoms with Crippen molar-refractivity contribution < 1.29 is 43.3 Å². The van der Waals surface area contributed by atoms with Crippen LogP contribution in [0.15, 0.2) is 97.2 Å². The molecule has 592 valence electrons. The molecule has 1 aliphatic heterocycles. The van der Waals surface area contributed by atoms with Crippen molar-refractivity contribution in [2.45, 2.75) is 60.8 Å². The maximum absolute atomic E-state index is 11.8. The quantitative estimate of drug-likeness (QED) is 0.0587. The second-order valence-corrected chi connectivity index (χ2v) is 40.9. The van der Waals surface area contributed by atoms with Crippen LogP contribution < -0.4 is 5.73 Å². The Bertz CT molecular complexity index is 5600. The largest absolute Gasteiger partial charge is 0.480 e. The number of anilines is 1. The highest BCUT2D eigenvalue weighted by atomic mass is 127. The summed E-state index contributed by atoms with van der Waals surface area (Å²) in [6.07, 6.45) is 14.3. The summed E-state index contributed by atoms with van der Waals surface area (Å²) in [6, 6.07) is 10.2. The fraction of sp³-hybridized carbons (Fsp3) is 0.196. The second kappa shape index (κ2) is 58.3. The molecule has 0 radical (unpaired) electrons. The van der Waals surface area contributed by atoms with Gasteiger partial charge >= 0.3 is 17.9 Å². The van der Waals surface area contributed by atoms with Gasteiger partial charge in [-0.2, -0.15) is 38.6 Å². The summed E-state index contributed by atoms with van der Waals surface area (Å²) in [6.45, 7) is 8.31. The van der Waals surface area contributed by atoms with E-state index in [0.29, 0.717) is 70.7 Å². The standard InChI is InChI=1S/C15H13N5O3.C11H10ClN3O3.C9H7ClIN3O2.C8H6ClN3O.C7H4ClIN2.C6H7ClN2.S6.S5.S4.S3.S2.H2S/c1-8(21)15-11-3-12(10-4-16-9(2)17-5-10)18-6-13(11)20(19-15)7-14(22)23;1-6(16)11-7-3-9(12)13-4-8(7)15(14-11)5-10(17)18-2;1-16-8(15)4-14-6-3-12-7(10)2-5(6)9(11)13-14;1-5(13)12-7-4-10-8(9)2-6(7)3-11-12;8-6-1-5-4(2-10-6)3-11-7(5)9;1-4-2-6(7)9-3-5(4)8;1-3-5-6-4-2;1-3-5-4-2;1-3-4-2;1-3-2;1-2;/h3-6H,7H2,1-2H3,(H,22,23);3-4H,5H2,1-2H3;2-3H,4H2,1H3;2-4H,1H3;1-2H,3H2;2-3H,8H2,1H3;;;;;;1H2. The van der Waals surface area contributed by atoms with Gasteiger partial charge in [-0.15, -0.1) is 0 Å². The molecule has 0 fully saturated rings. The molecule has 0 atom stereocenters. The highest BCUT2D eigenvalue weighted by molar-refractivity contribution is 14.1. The molecule has 27 nitrogen and oxygen atoms in total. The number of rotatable bonds is 9. The summed E-state index contributed by atoms with van der Waals surface area (Å²) in [7, 11) is 15.5. The molecule has 11 aromatic rings. The molecule has 0 unspecified atom stereocenters. The number of nitrogens with two attached hydrogens (primary N) is 1. The zero-order chi connectivity index (χ0) is 82.7. The summed E-state index contributed by atoms with van der Waals surface area (Å²) in [5.41, 5.74) is 13.7. The number of hydrogen-bond donors (Lipinski definition) is 2. The molecule has 0 saturated carbocycles. The zero-order valence-electron chi connectivity index (χ0n) is 56.7. The van der Waals surface area contributed by atoms with Gasteiger partial charge in [0, 0.05) is 278 Å². The maximum Gasteiger partial charge on any atom is 0.327 e. The van der Waals surface area contributed by atoms with Gasteiger partial charge in [0.2, 0.25) is 5.91 Å². The number of nitrogens with zero attached hydrogens (tertiary/aromatic N) is 17. The number of aliphatic carboxylic acids is 1. The van der Waals surface area contributed by atoms with Gasteiger partial charge in [0.15, 0.2) is 11.6 Å². The first-order valence-electron chi connectivity index (χ1n) is 28.2. The average molecular weight is 2220 g/mol. The minimum atomic E-state index is -1.04. The molecule has 12 heterocycles. The van der Waals surface area contributed by atoms with E-state index in [1.165, 1.54) is 153 Å². The van der Waals surface area contributed by atoms with Crippen LogP contribution in [-0.2, 0) is 251 Å². The number of ether oxygens (including phenoxy) is 2. The lowest BCUT2D eigenvalue weighted by Gasteiger charge is -2.02. The summed E-state index contributed by atoms with van der Waals surface area (Å²) in [5.74, 6) is -1.78. The Morgan fingerprint density at radius 1 is 0.532 bits per heavy atom. The number of Topliss-reactive ketones (excluding diaryl/α,β-unsaturated/α-hetero) is 2. The van der Waals surface area contributed by atoms with Gasteiger partial charge in [0.05, 0.1) is 91.4 Å². The molecule has 55 heteroatoms. The minimum absolute atomic E-state index is 0. The predicted octanol–water partition coefficient (Wildman–Crippen LogP) is 10.7. The smallest absolute Gasteiger partial charge is 0.327 e. The van der Waals surface area contributed by atoms with E-state index in [2.05, 4.69) is 232 Å². The van der Waals surface area contributed by atoms with Crippen molar-refractivity contribution in [1.82, 2.24) is 79.0 Å². The van der Waals surface area contributed by atoms with Gasteiger partial charge in [-0.25, -0.2) is 34.9 Å². The van der Waals surface area contributed by atoms with Crippen LogP contribution in [0.1, 0.15) is 69.1 Å². The summed E-state index contributed by atoms with van der Waals surface area (Å²) in [5, 5.41) is 30.2. The van der Waals surface area contributed by atoms with Crippen LogP contribution in [0.2, 0.25) is 25.8 Å². The number of fused-ring (bicyclic) bond motifs is 5. The number of aryl methyl sites for hydroxylation is 2. The van der Waals surface area contributed by atoms with E-state index >= 15 is 0 Å². The summed E-state index contributed by atoms with van der Waals surface area (Å²) in [4.78, 5) is 104. The van der Waals surface area contributed by atoms with Gasteiger partial charge in [-0.05, 0) is 101 Å². The fourth-order valence-corrected chi connectivity index (χ4v) is 18.4. The van der Waals surface area contributed by atoms with Crippen molar-refractivity contribution >= 4 is 406 Å². The Balaban J connectivity index is 0.000000644. The number of methoxy groups -OCH3 is 2. The van der Waals surface area contributed by atoms with Crippen LogP contribution in [0.25, 0.3) is 54.9 Å². The summed E-state index contributed by atoms with van der Waals surface area (Å²) >= 11 is 75.0. The highest BCUT2D eigenvalue weighted by Crippen LogP contribution is 2.27. The number of carbonyl (C=O) groups excluding carboxylic acids is 5. The van der Waals surface area contributed by atoms with Gasteiger partial charge in [-0.1, -0.05) is 58.0 Å². The Kier molecular flexibility index (Phi) is 55.4. The maximum atomic E-state index is 11.8. The van der Waals surface area contributed by atoms with Crippen LogP contribution in [0.3, 0.4) is 0 Å². The number of aliphatic imine (C=N–C) groups is 1. The first-order chi connectivity index (χ1) is 52.4. The number of halogens is 7. The third-order valence-corrected chi connectivity index (χ3v) is 28.5. The molecular formula is C56H49Cl5I2N18O9S21. The Hall–Kier alpha value is -3.59. The second-order valence-electron chi connectivity index (χ2n) is 19.2. The molecule has 1 aliphatic rings. The Labute approximate surface area is 769 Å². The van der Waals surface area contributed by atoms with Gasteiger partial charge in [-0.3, -0.25) is 52.8 Å². The third-order valence-electron chi connectivity index (χ3n) is 12.4. The van der Waals surface area contributed by atoms with Crippen LogP contribution in [-0.4, -0.2) is 137 Å².